The Bertz CT molecular complexity index is 87.6. The molecule has 60 valence electrons. The minimum atomic E-state index is 0.239. The molecule has 0 aromatic rings. The van der Waals surface area contributed by atoms with E-state index in [2.05, 4.69) is 5.32 Å². The van der Waals surface area contributed by atoms with E-state index in [1.54, 1.807) is 0 Å². The van der Waals surface area contributed by atoms with E-state index in [4.69, 9.17) is 10.8 Å². The van der Waals surface area contributed by atoms with Crippen molar-refractivity contribution in [3.05, 3.63) is 0 Å². The number of nitrogens with two attached hydrogens (primary N) is 1. The molecule has 4 N–H and O–H groups in total. The Labute approximate surface area is 61.6 Å². The van der Waals surface area contributed by atoms with Crippen LogP contribution in [-0.2, 0) is 0 Å². The van der Waals surface area contributed by atoms with E-state index in [1.165, 1.54) is 6.42 Å². The van der Waals surface area contributed by atoms with Gasteiger partial charge in [0.05, 0.1) is 0 Å². The second kappa shape index (κ2) is 3.91. The summed E-state index contributed by atoms with van der Waals surface area (Å²) in [5.74, 6) is 0.921. The van der Waals surface area contributed by atoms with Gasteiger partial charge in [-0.05, 0) is 37.9 Å². The fourth-order valence-corrected chi connectivity index (χ4v) is 1.50. The first-order valence-corrected chi connectivity index (χ1v) is 3.90. The second-order valence-corrected chi connectivity index (χ2v) is 2.93. The summed E-state index contributed by atoms with van der Waals surface area (Å²) in [4.78, 5) is 0. The van der Waals surface area contributed by atoms with Crippen LogP contribution in [0.15, 0.2) is 0 Å². The highest BCUT2D eigenvalue weighted by Gasteiger charge is 2.22. The SMILES string of the molecule is NCC(CO)C1CCNC1. The molecule has 10 heavy (non-hydrogen) atoms. The zero-order valence-electron chi connectivity index (χ0n) is 6.21. The molecule has 1 fully saturated rings. The largest absolute Gasteiger partial charge is 0.396 e. The quantitative estimate of drug-likeness (QED) is 0.484. The third-order valence-corrected chi connectivity index (χ3v) is 2.30. The third kappa shape index (κ3) is 1.68. The fraction of sp³-hybridized carbons (Fsp3) is 1.00. The van der Waals surface area contributed by atoms with Crippen molar-refractivity contribution in [2.45, 2.75) is 6.42 Å². The van der Waals surface area contributed by atoms with Crippen molar-refractivity contribution in [1.29, 1.82) is 0 Å². The van der Waals surface area contributed by atoms with E-state index in [-0.39, 0.29) is 6.61 Å². The summed E-state index contributed by atoms with van der Waals surface area (Å²) < 4.78 is 0. The first-order chi connectivity index (χ1) is 4.88. The van der Waals surface area contributed by atoms with Crippen molar-refractivity contribution in [1.82, 2.24) is 5.32 Å². The predicted molar refractivity (Wildman–Crippen MR) is 40.6 cm³/mol. The van der Waals surface area contributed by atoms with E-state index >= 15 is 0 Å². The summed E-state index contributed by atoms with van der Waals surface area (Å²) in [7, 11) is 0. The zero-order chi connectivity index (χ0) is 7.40. The minimum Gasteiger partial charge on any atom is -0.396 e. The van der Waals surface area contributed by atoms with Crippen LogP contribution in [0.4, 0.5) is 0 Å². The maximum atomic E-state index is 8.88. The van der Waals surface area contributed by atoms with Crippen LogP contribution < -0.4 is 11.1 Å². The Morgan fingerprint density at radius 2 is 2.50 bits per heavy atom. The average Bonchev–Trinajstić information content (AvgIpc) is 2.43. The van der Waals surface area contributed by atoms with Crippen LogP contribution >= 0.6 is 0 Å². The maximum Gasteiger partial charge on any atom is 0.0474 e. The van der Waals surface area contributed by atoms with Gasteiger partial charge in [-0.2, -0.15) is 0 Å². The minimum absolute atomic E-state index is 0.239. The molecule has 1 aliphatic heterocycles. The van der Waals surface area contributed by atoms with Gasteiger partial charge in [-0.15, -0.1) is 0 Å². The van der Waals surface area contributed by atoms with Crippen LogP contribution in [0.5, 0.6) is 0 Å². The first kappa shape index (κ1) is 7.98. The van der Waals surface area contributed by atoms with Gasteiger partial charge in [0.15, 0.2) is 0 Å². The van der Waals surface area contributed by atoms with Crippen molar-refractivity contribution >= 4 is 0 Å². The Kier molecular flexibility index (Phi) is 3.12. The number of aliphatic hydroxyl groups is 1. The molecule has 0 radical (unpaired) electrons. The first-order valence-electron chi connectivity index (χ1n) is 3.90. The van der Waals surface area contributed by atoms with Crippen molar-refractivity contribution < 1.29 is 5.11 Å². The van der Waals surface area contributed by atoms with Crippen LogP contribution in [0.2, 0.25) is 0 Å². The van der Waals surface area contributed by atoms with Gasteiger partial charge in [0.2, 0.25) is 0 Å². The van der Waals surface area contributed by atoms with Gasteiger partial charge in [-0.3, -0.25) is 0 Å². The van der Waals surface area contributed by atoms with E-state index in [9.17, 15) is 0 Å². The molecule has 1 saturated heterocycles. The van der Waals surface area contributed by atoms with Gasteiger partial charge in [0.1, 0.15) is 0 Å². The lowest BCUT2D eigenvalue weighted by atomic mass is 9.92. The van der Waals surface area contributed by atoms with E-state index < -0.39 is 0 Å². The van der Waals surface area contributed by atoms with Crippen LogP contribution in [-0.4, -0.2) is 31.3 Å². The smallest absolute Gasteiger partial charge is 0.0474 e. The zero-order valence-corrected chi connectivity index (χ0v) is 6.21. The molecule has 2 atom stereocenters. The molecular formula is C7H16N2O. The number of hydrogen-bond donors (Lipinski definition) is 3. The lowest BCUT2D eigenvalue weighted by Gasteiger charge is -2.17. The number of nitrogens with one attached hydrogen (secondary N) is 1. The van der Waals surface area contributed by atoms with Crippen molar-refractivity contribution in [2.75, 3.05) is 26.2 Å². The van der Waals surface area contributed by atoms with Crippen LogP contribution in [0.25, 0.3) is 0 Å². The van der Waals surface area contributed by atoms with Crippen molar-refractivity contribution in [2.24, 2.45) is 17.6 Å². The summed E-state index contributed by atoms with van der Waals surface area (Å²) in [6.07, 6.45) is 1.17. The molecule has 0 aromatic carbocycles. The van der Waals surface area contributed by atoms with E-state index in [0.717, 1.165) is 13.1 Å². The maximum absolute atomic E-state index is 8.88. The van der Waals surface area contributed by atoms with Gasteiger partial charge < -0.3 is 16.2 Å². The third-order valence-electron chi connectivity index (χ3n) is 2.30. The molecule has 0 aromatic heterocycles. The summed E-state index contributed by atoms with van der Waals surface area (Å²) >= 11 is 0. The Morgan fingerprint density at radius 3 is 2.90 bits per heavy atom. The molecule has 0 spiro atoms. The summed E-state index contributed by atoms with van der Waals surface area (Å²) in [6, 6.07) is 0. The summed E-state index contributed by atoms with van der Waals surface area (Å²) in [5.41, 5.74) is 5.48. The van der Waals surface area contributed by atoms with Gasteiger partial charge >= 0.3 is 0 Å². The standard InChI is InChI=1S/C7H16N2O/c8-3-7(5-10)6-1-2-9-4-6/h6-7,9-10H,1-5,8H2. The summed E-state index contributed by atoms with van der Waals surface area (Å²) in [5, 5.41) is 12.1. The highest BCUT2D eigenvalue weighted by Crippen LogP contribution is 2.16. The molecule has 1 rings (SSSR count). The van der Waals surface area contributed by atoms with Gasteiger partial charge in [-0.1, -0.05) is 0 Å². The Balaban J connectivity index is 2.29. The second-order valence-electron chi connectivity index (χ2n) is 2.93. The number of hydrogen-bond acceptors (Lipinski definition) is 3. The molecular weight excluding hydrogens is 128 g/mol. The van der Waals surface area contributed by atoms with Crippen molar-refractivity contribution in [3.8, 4) is 0 Å². The molecule has 0 amide bonds. The van der Waals surface area contributed by atoms with Crippen molar-refractivity contribution in [3.63, 3.8) is 0 Å². The van der Waals surface area contributed by atoms with Gasteiger partial charge in [0.25, 0.3) is 0 Å². The van der Waals surface area contributed by atoms with Crippen LogP contribution in [0.1, 0.15) is 6.42 Å². The molecule has 1 aliphatic rings. The molecule has 0 aliphatic carbocycles. The Hall–Kier alpha value is -0.120. The molecule has 1 heterocycles. The van der Waals surface area contributed by atoms with Gasteiger partial charge in [0, 0.05) is 6.61 Å². The highest BCUT2D eigenvalue weighted by atomic mass is 16.3. The highest BCUT2D eigenvalue weighted by molar-refractivity contribution is 4.78. The molecule has 3 heteroatoms. The van der Waals surface area contributed by atoms with Crippen LogP contribution in [0, 0.1) is 11.8 Å². The topological polar surface area (TPSA) is 58.3 Å². The number of rotatable bonds is 3. The summed E-state index contributed by atoms with van der Waals surface area (Å²) in [6.45, 7) is 2.97. The van der Waals surface area contributed by atoms with E-state index in [0.29, 0.717) is 18.4 Å². The fourth-order valence-electron chi connectivity index (χ4n) is 1.50. The average molecular weight is 144 g/mol. The normalized spacial score (nSPS) is 28.8. The predicted octanol–water partition coefficient (Wildman–Crippen LogP) is -0.837. The lowest BCUT2D eigenvalue weighted by molar-refractivity contribution is 0.187. The van der Waals surface area contributed by atoms with Gasteiger partial charge in [-0.25, -0.2) is 0 Å². The molecule has 3 nitrogen and oxygen atoms in total. The molecule has 2 unspecified atom stereocenters. The van der Waals surface area contributed by atoms with Crippen LogP contribution in [0.3, 0.4) is 0 Å². The molecule has 0 saturated carbocycles. The monoisotopic (exact) mass is 144 g/mol. The number of aliphatic hydroxyl groups excluding tert-OH is 1. The lowest BCUT2D eigenvalue weighted by Crippen LogP contribution is -2.28. The Morgan fingerprint density at radius 1 is 1.70 bits per heavy atom. The van der Waals surface area contributed by atoms with E-state index in [1.807, 2.05) is 0 Å². The molecule has 0 bridgehead atoms.